The fourth-order valence-electron chi connectivity index (χ4n) is 2.36. The van der Waals surface area contributed by atoms with Crippen molar-refractivity contribution in [1.29, 1.82) is 0 Å². The molecule has 2 rings (SSSR count). The maximum Gasteiger partial charge on any atom is 0.249 e. The van der Waals surface area contributed by atoms with Crippen LogP contribution in [0.2, 0.25) is 0 Å². The highest BCUT2D eigenvalue weighted by atomic mass is 32.2. The minimum atomic E-state index is -3.43. The molecule has 1 aliphatic heterocycles. The molecule has 8 heteroatoms. The van der Waals surface area contributed by atoms with E-state index in [1.807, 2.05) is 0 Å². The fraction of sp³-hybridized carbons (Fsp3) is 0.533. The van der Waals surface area contributed by atoms with Crippen LogP contribution >= 0.6 is 0 Å². The molecule has 1 fully saturated rings. The molecule has 0 aliphatic carbocycles. The molecule has 1 unspecified atom stereocenters. The van der Waals surface area contributed by atoms with Crippen molar-refractivity contribution < 1.29 is 22.3 Å². The summed E-state index contributed by atoms with van der Waals surface area (Å²) in [5.41, 5.74) is 0.683. The number of carbonyl (C=O) groups excluding carboxylic acids is 1. The van der Waals surface area contributed by atoms with Crippen molar-refractivity contribution in [2.45, 2.75) is 25.5 Å². The van der Waals surface area contributed by atoms with E-state index in [0.717, 1.165) is 12.7 Å². The number of amides is 1. The normalized spacial score (nSPS) is 18.3. The smallest absolute Gasteiger partial charge is 0.249 e. The average molecular weight is 344 g/mol. The van der Waals surface area contributed by atoms with Crippen LogP contribution in [0, 0.1) is 5.82 Å². The SMILES string of the molecule is CS(=O)(=O)N(CCNC(=O)C1CCCO1)Cc1ccc(F)cc1. The third-order valence-electron chi connectivity index (χ3n) is 3.62. The summed E-state index contributed by atoms with van der Waals surface area (Å²) in [6.07, 6.45) is 2.23. The molecule has 0 bridgehead atoms. The molecule has 0 radical (unpaired) electrons. The first-order chi connectivity index (χ1) is 10.9. The Balaban J connectivity index is 1.88. The molecule has 1 aromatic carbocycles. The molecule has 128 valence electrons. The van der Waals surface area contributed by atoms with Crippen LogP contribution in [0.1, 0.15) is 18.4 Å². The van der Waals surface area contributed by atoms with Gasteiger partial charge in [-0.15, -0.1) is 0 Å². The van der Waals surface area contributed by atoms with E-state index in [2.05, 4.69) is 5.32 Å². The molecule has 1 saturated heterocycles. The fourth-order valence-corrected chi connectivity index (χ4v) is 3.16. The first kappa shape index (κ1) is 17.8. The van der Waals surface area contributed by atoms with E-state index in [4.69, 9.17) is 4.74 Å². The lowest BCUT2D eigenvalue weighted by atomic mass is 10.2. The third kappa shape index (κ3) is 5.56. The number of hydrogen-bond donors (Lipinski definition) is 1. The van der Waals surface area contributed by atoms with Gasteiger partial charge in [-0.2, -0.15) is 4.31 Å². The second kappa shape index (κ2) is 7.85. The van der Waals surface area contributed by atoms with Crippen LogP contribution in [0.4, 0.5) is 4.39 Å². The van der Waals surface area contributed by atoms with Gasteiger partial charge in [-0.05, 0) is 30.5 Å². The minimum absolute atomic E-state index is 0.134. The van der Waals surface area contributed by atoms with Gasteiger partial charge in [-0.25, -0.2) is 12.8 Å². The lowest BCUT2D eigenvalue weighted by Crippen LogP contribution is -2.41. The van der Waals surface area contributed by atoms with Crippen molar-refractivity contribution in [2.75, 3.05) is 26.0 Å². The molecule has 1 heterocycles. The molecule has 6 nitrogen and oxygen atoms in total. The van der Waals surface area contributed by atoms with Crippen LogP contribution in [0.15, 0.2) is 24.3 Å². The molecule has 1 N–H and O–H groups in total. The molecule has 1 aromatic rings. The number of ether oxygens (including phenoxy) is 1. The van der Waals surface area contributed by atoms with Gasteiger partial charge in [-0.1, -0.05) is 12.1 Å². The highest BCUT2D eigenvalue weighted by molar-refractivity contribution is 7.88. The summed E-state index contributed by atoms with van der Waals surface area (Å²) in [6, 6.07) is 5.65. The molecular weight excluding hydrogens is 323 g/mol. The summed E-state index contributed by atoms with van der Waals surface area (Å²) in [5, 5.41) is 2.69. The summed E-state index contributed by atoms with van der Waals surface area (Å²) in [6.45, 7) is 1.06. The second-order valence-corrected chi connectivity index (χ2v) is 7.50. The number of nitrogens with zero attached hydrogens (tertiary/aromatic N) is 1. The third-order valence-corrected chi connectivity index (χ3v) is 4.87. The molecule has 0 aromatic heterocycles. The first-order valence-electron chi connectivity index (χ1n) is 7.45. The van der Waals surface area contributed by atoms with E-state index in [1.54, 1.807) is 12.1 Å². The number of hydrogen-bond acceptors (Lipinski definition) is 4. The number of benzene rings is 1. The molecule has 1 atom stereocenters. The Labute approximate surface area is 135 Å². The maximum atomic E-state index is 12.9. The van der Waals surface area contributed by atoms with Gasteiger partial charge in [0.25, 0.3) is 0 Å². The Hall–Kier alpha value is -1.51. The zero-order valence-corrected chi connectivity index (χ0v) is 13.8. The van der Waals surface area contributed by atoms with Gasteiger partial charge < -0.3 is 10.1 Å². The molecule has 0 saturated carbocycles. The number of sulfonamides is 1. The predicted octanol–water partition coefficient (Wildman–Crippen LogP) is 0.882. The standard InChI is InChI=1S/C15H21FN2O4S/c1-23(20,21)18(11-12-4-6-13(16)7-5-12)9-8-17-15(19)14-3-2-10-22-14/h4-7,14H,2-3,8-11H2,1H3,(H,17,19). The van der Waals surface area contributed by atoms with Gasteiger partial charge in [0.2, 0.25) is 15.9 Å². The molecule has 1 aliphatic rings. The quantitative estimate of drug-likeness (QED) is 0.797. The molecule has 1 amide bonds. The van der Waals surface area contributed by atoms with E-state index < -0.39 is 16.1 Å². The molecular formula is C15H21FN2O4S. The van der Waals surface area contributed by atoms with E-state index in [9.17, 15) is 17.6 Å². The predicted molar refractivity (Wildman–Crippen MR) is 83.6 cm³/mol. The van der Waals surface area contributed by atoms with Crippen molar-refractivity contribution in [3.8, 4) is 0 Å². The summed E-state index contributed by atoms with van der Waals surface area (Å²) in [7, 11) is -3.43. The first-order valence-corrected chi connectivity index (χ1v) is 9.30. The van der Waals surface area contributed by atoms with E-state index in [0.29, 0.717) is 18.6 Å². The topological polar surface area (TPSA) is 75.7 Å². The van der Waals surface area contributed by atoms with E-state index >= 15 is 0 Å². The van der Waals surface area contributed by atoms with Crippen molar-refractivity contribution in [1.82, 2.24) is 9.62 Å². The van der Waals surface area contributed by atoms with Gasteiger partial charge in [0.15, 0.2) is 0 Å². The van der Waals surface area contributed by atoms with E-state index in [-0.39, 0.29) is 31.4 Å². The number of carbonyl (C=O) groups is 1. The lowest BCUT2D eigenvalue weighted by molar-refractivity contribution is -0.130. The van der Waals surface area contributed by atoms with Crippen LogP contribution in [0.25, 0.3) is 0 Å². The van der Waals surface area contributed by atoms with Gasteiger partial charge in [0.05, 0.1) is 6.26 Å². The maximum absolute atomic E-state index is 12.9. The molecule has 23 heavy (non-hydrogen) atoms. The van der Waals surface area contributed by atoms with Gasteiger partial charge in [0.1, 0.15) is 11.9 Å². The van der Waals surface area contributed by atoms with Crippen LogP contribution < -0.4 is 5.32 Å². The van der Waals surface area contributed by atoms with Crippen molar-refractivity contribution in [2.24, 2.45) is 0 Å². The summed E-state index contributed by atoms with van der Waals surface area (Å²) < 4.78 is 43.1. The monoisotopic (exact) mass is 344 g/mol. The summed E-state index contributed by atoms with van der Waals surface area (Å²) >= 11 is 0. The van der Waals surface area contributed by atoms with Gasteiger partial charge in [0, 0.05) is 26.2 Å². The minimum Gasteiger partial charge on any atom is -0.368 e. The largest absolute Gasteiger partial charge is 0.368 e. The average Bonchev–Trinajstić information content (AvgIpc) is 3.01. The van der Waals surface area contributed by atoms with E-state index in [1.165, 1.54) is 16.4 Å². The van der Waals surface area contributed by atoms with Crippen molar-refractivity contribution >= 4 is 15.9 Å². The summed E-state index contributed by atoms with van der Waals surface area (Å²) in [4.78, 5) is 11.8. The number of nitrogens with one attached hydrogen (secondary N) is 1. The number of halogens is 1. The van der Waals surface area contributed by atoms with Crippen LogP contribution in [-0.2, 0) is 26.1 Å². The molecule has 0 spiro atoms. The Morgan fingerprint density at radius 3 is 2.65 bits per heavy atom. The Morgan fingerprint density at radius 2 is 2.09 bits per heavy atom. The van der Waals surface area contributed by atoms with Crippen LogP contribution in [-0.4, -0.2) is 50.7 Å². The Morgan fingerprint density at radius 1 is 1.39 bits per heavy atom. The highest BCUT2D eigenvalue weighted by Crippen LogP contribution is 2.12. The highest BCUT2D eigenvalue weighted by Gasteiger charge is 2.24. The lowest BCUT2D eigenvalue weighted by Gasteiger charge is -2.20. The van der Waals surface area contributed by atoms with Crippen molar-refractivity contribution in [3.63, 3.8) is 0 Å². The Bertz CT molecular complexity index is 627. The number of rotatable bonds is 7. The second-order valence-electron chi connectivity index (χ2n) is 5.52. The van der Waals surface area contributed by atoms with Gasteiger partial charge in [-0.3, -0.25) is 4.79 Å². The van der Waals surface area contributed by atoms with Crippen LogP contribution in [0.3, 0.4) is 0 Å². The zero-order valence-electron chi connectivity index (χ0n) is 13.0. The van der Waals surface area contributed by atoms with Crippen LogP contribution in [0.5, 0.6) is 0 Å². The van der Waals surface area contributed by atoms with Crippen molar-refractivity contribution in [3.05, 3.63) is 35.6 Å². The Kier molecular flexibility index (Phi) is 6.09. The zero-order chi connectivity index (χ0) is 16.9. The summed E-state index contributed by atoms with van der Waals surface area (Å²) in [5.74, 6) is -0.582. The van der Waals surface area contributed by atoms with Gasteiger partial charge >= 0.3 is 0 Å².